The minimum absolute atomic E-state index is 0.0791. The molecule has 134 valence electrons. The smallest absolute Gasteiger partial charge is 0.294 e. The Bertz CT molecular complexity index is 1070. The second-order valence-corrected chi connectivity index (χ2v) is 6.23. The Morgan fingerprint density at radius 2 is 1.81 bits per heavy atom. The van der Waals surface area contributed by atoms with Crippen molar-refractivity contribution in [3.8, 4) is 0 Å². The van der Waals surface area contributed by atoms with Gasteiger partial charge in [-0.2, -0.15) is 13.2 Å². The molecule has 0 saturated heterocycles. The minimum atomic E-state index is -4.72. The Morgan fingerprint density at radius 1 is 1.08 bits per heavy atom. The first-order chi connectivity index (χ1) is 12.3. The van der Waals surface area contributed by atoms with Crippen LogP contribution in [0.25, 0.3) is 10.9 Å². The number of nitrogens with zero attached hydrogens (tertiary/aromatic N) is 3. The molecule has 1 aliphatic rings. The number of aromatic nitrogens is 4. The lowest BCUT2D eigenvalue weighted by atomic mass is 10.1. The van der Waals surface area contributed by atoms with Crippen LogP contribution in [0.2, 0.25) is 0 Å². The van der Waals surface area contributed by atoms with E-state index in [0.717, 1.165) is 24.6 Å². The molecule has 0 aliphatic heterocycles. The Kier molecular flexibility index (Phi) is 3.67. The first kappa shape index (κ1) is 16.5. The molecule has 0 atom stereocenters. The third kappa shape index (κ3) is 3.00. The largest absolute Gasteiger partial charge is 0.433 e. The van der Waals surface area contributed by atoms with E-state index in [4.69, 9.17) is 0 Å². The maximum Gasteiger partial charge on any atom is 0.433 e. The molecule has 1 aliphatic carbocycles. The quantitative estimate of drug-likeness (QED) is 0.732. The van der Waals surface area contributed by atoms with Crippen molar-refractivity contribution in [1.29, 1.82) is 0 Å². The van der Waals surface area contributed by atoms with Crippen LogP contribution < -0.4 is 10.9 Å². The number of H-pyrrole nitrogens is 1. The molecule has 2 N–H and O–H groups in total. The van der Waals surface area contributed by atoms with Crippen molar-refractivity contribution in [2.45, 2.75) is 32.4 Å². The fourth-order valence-electron chi connectivity index (χ4n) is 3.18. The number of halogens is 3. The molecule has 2 heterocycles. The molecule has 3 aromatic rings. The Morgan fingerprint density at radius 3 is 2.54 bits per heavy atom. The van der Waals surface area contributed by atoms with Crippen LogP contribution in [0.3, 0.4) is 0 Å². The van der Waals surface area contributed by atoms with Crippen LogP contribution in [-0.2, 0) is 19.0 Å². The van der Waals surface area contributed by atoms with Crippen LogP contribution >= 0.6 is 0 Å². The molecule has 0 bridgehead atoms. The zero-order chi connectivity index (χ0) is 18.5. The third-order valence-corrected chi connectivity index (χ3v) is 4.36. The van der Waals surface area contributed by atoms with Crippen molar-refractivity contribution in [2.75, 3.05) is 5.32 Å². The highest BCUT2D eigenvalue weighted by atomic mass is 19.4. The molecule has 26 heavy (non-hydrogen) atoms. The van der Waals surface area contributed by atoms with Gasteiger partial charge in [-0.25, -0.2) is 15.0 Å². The zero-order valence-electron chi connectivity index (χ0n) is 13.7. The molecular weight excluding hydrogens is 347 g/mol. The maximum atomic E-state index is 12.8. The standard InChI is InChI=1S/C17H14F3N5O/c1-8-11-5-9-3-2-4-10(9)6-12(11)22-15(21-8)25-16-23-13(17(18,19)20)7-14(26)24-16/h5-7H,2-4H2,1H3,(H2,21,22,23,24,25,26). The number of fused-ring (bicyclic) bond motifs is 2. The van der Waals surface area contributed by atoms with Crippen molar-refractivity contribution in [2.24, 2.45) is 0 Å². The number of hydrogen-bond acceptors (Lipinski definition) is 5. The second kappa shape index (κ2) is 5.79. The third-order valence-electron chi connectivity index (χ3n) is 4.36. The van der Waals surface area contributed by atoms with Crippen LogP contribution in [0, 0.1) is 6.92 Å². The number of rotatable bonds is 2. The highest BCUT2D eigenvalue weighted by Crippen LogP contribution is 2.29. The molecule has 9 heteroatoms. The van der Waals surface area contributed by atoms with E-state index in [9.17, 15) is 18.0 Å². The van der Waals surface area contributed by atoms with E-state index >= 15 is 0 Å². The summed E-state index contributed by atoms with van der Waals surface area (Å²) in [7, 11) is 0. The van der Waals surface area contributed by atoms with Crippen LogP contribution in [-0.4, -0.2) is 19.9 Å². The van der Waals surface area contributed by atoms with Gasteiger partial charge in [-0.05, 0) is 49.4 Å². The van der Waals surface area contributed by atoms with Gasteiger partial charge in [0.2, 0.25) is 11.9 Å². The van der Waals surface area contributed by atoms with Crippen LogP contribution in [0.1, 0.15) is 28.9 Å². The van der Waals surface area contributed by atoms with Gasteiger partial charge in [0.15, 0.2) is 5.69 Å². The first-order valence-corrected chi connectivity index (χ1v) is 8.05. The molecule has 6 nitrogen and oxygen atoms in total. The SMILES string of the molecule is Cc1nc(Nc2nc(C(F)(F)F)cc(=O)[nH]2)nc2cc3c(cc12)CCC3. The minimum Gasteiger partial charge on any atom is -0.294 e. The van der Waals surface area contributed by atoms with E-state index in [1.807, 2.05) is 6.07 Å². The van der Waals surface area contributed by atoms with Crippen molar-refractivity contribution in [3.05, 3.63) is 51.1 Å². The number of aryl methyl sites for hydroxylation is 3. The fraction of sp³-hybridized carbons (Fsp3) is 0.294. The summed E-state index contributed by atoms with van der Waals surface area (Å²) in [6, 6.07) is 4.46. The summed E-state index contributed by atoms with van der Waals surface area (Å²) in [4.78, 5) is 25.7. The van der Waals surface area contributed by atoms with Crippen molar-refractivity contribution >= 4 is 22.8 Å². The molecule has 0 radical (unpaired) electrons. The summed E-state index contributed by atoms with van der Waals surface area (Å²) in [6.45, 7) is 1.80. The van der Waals surface area contributed by atoms with Gasteiger partial charge in [0.25, 0.3) is 5.56 Å². The van der Waals surface area contributed by atoms with Gasteiger partial charge in [-0.3, -0.25) is 15.1 Å². The summed E-state index contributed by atoms with van der Waals surface area (Å²) in [5.74, 6) is -0.278. The Hall–Kier alpha value is -2.97. The first-order valence-electron chi connectivity index (χ1n) is 8.05. The van der Waals surface area contributed by atoms with E-state index in [0.29, 0.717) is 17.3 Å². The lowest BCUT2D eigenvalue weighted by molar-refractivity contribution is -0.141. The van der Waals surface area contributed by atoms with E-state index in [1.165, 1.54) is 11.1 Å². The van der Waals surface area contributed by atoms with Crippen LogP contribution in [0.15, 0.2) is 23.0 Å². The van der Waals surface area contributed by atoms with Gasteiger partial charge in [0, 0.05) is 11.5 Å². The highest BCUT2D eigenvalue weighted by molar-refractivity contribution is 5.84. The van der Waals surface area contributed by atoms with Crippen molar-refractivity contribution in [3.63, 3.8) is 0 Å². The predicted octanol–water partition coefficient (Wildman–Crippen LogP) is 3.27. The molecule has 0 amide bonds. The average molecular weight is 361 g/mol. The molecule has 0 unspecified atom stereocenters. The summed E-state index contributed by atoms with van der Waals surface area (Å²) >= 11 is 0. The van der Waals surface area contributed by atoms with Gasteiger partial charge in [-0.15, -0.1) is 0 Å². The molecular formula is C17H14F3N5O. The molecule has 1 aromatic carbocycles. The van der Waals surface area contributed by atoms with Gasteiger partial charge in [0.1, 0.15) is 0 Å². The summed E-state index contributed by atoms with van der Waals surface area (Å²) in [5, 5.41) is 3.47. The van der Waals surface area contributed by atoms with E-state index in [1.54, 1.807) is 6.92 Å². The number of hydrogen-bond donors (Lipinski definition) is 2. The van der Waals surface area contributed by atoms with Crippen molar-refractivity contribution in [1.82, 2.24) is 19.9 Å². The summed E-state index contributed by atoms with van der Waals surface area (Å²) in [5.41, 5.74) is 1.72. The number of aromatic amines is 1. The topological polar surface area (TPSA) is 83.6 Å². The lowest BCUT2D eigenvalue weighted by Gasteiger charge is -2.10. The average Bonchev–Trinajstić information content (AvgIpc) is 2.99. The van der Waals surface area contributed by atoms with E-state index in [2.05, 4.69) is 31.3 Å². The Labute approximate surface area is 145 Å². The van der Waals surface area contributed by atoms with Gasteiger partial charge >= 0.3 is 6.18 Å². The van der Waals surface area contributed by atoms with Crippen LogP contribution in [0.5, 0.6) is 0 Å². The lowest BCUT2D eigenvalue weighted by Crippen LogP contribution is -2.18. The van der Waals surface area contributed by atoms with Gasteiger partial charge in [0.05, 0.1) is 11.2 Å². The highest BCUT2D eigenvalue weighted by Gasteiger charge is 2.33. The number of anilines is 2. The van der Waals surface area contributed by atoms with Gasteiger partial charge < -0.3 is 0 Å². The fourth-order valence-corrected chi connectivity index (χ4v) is 3.18. The molecule has 0 saturated carbocycles. The number of alkyl halides is 3. The van der Waals surface area contributed by atoms with Crippen molar-refractivity contribution < 1.29 is 13.2 Å². The zero-order valence-corrected chi connectivity index (χ0v) is 13.7. The second-order valence-electron chi connectivity index (χ2n) is 6.23. The van der Waals surface area contributed by atoms with E-state index < -0.39 is 17.4 Å². The van der Waals surface area contributed by atoms with E-state index in [-0.39, 0.29) is 11.9 Å². The summed E-state index contributed by atoms with van der Waals surface area (Å²) in [6.07, 6.45) is -1.61. The monoisotopic (exact) mass is 361 g/mol. The normalized spacial score (nSPS) is 13.8. The predicted molar refractivity (Wildman–Crippen MR) is 89.4 cm³/mol. The maximum absolute atomic E-state index is 12.8. The molecule has 0 spiro atoms. The van der Waals surface area contributed by atoms with Crippen LogP contribution in [0.4, 0.5) is 25.1 Å². The molecule has 2 aromatic heterocycles. The molecule has 4 rings (SSSR count). The summed E-state index contributed by atoms with van der Waals surface area (Å²) < 4.78 is 38.4. The van der Waals surface area contributed by atoms with Gasteiger partial charge in [-0.1, -0.05) is 0 Å². The molecule has 0 fully saturated rings. The number of nitrogens with one attached hydrogen (secondary N) is 2. The Balaban J connectivity index is 1.75. The number of benzene rings is 1.